The molecule has 7 nitrogen and oxygen atoms in total. The molecule has 0 unspecified atom stereocenters. The first-order valence-corrected chi connectivity index (χ1v) is 9.82. The molecule has 1 aromatic rings. The minimum absolute atomic E-state index is 0.0221. The average molecular weight is 392 g/mol. The van der Waals surface area contributed by atoms with Gasteiger partial charge < -0.3 is 14.8 Å². The number of hydrogen-bond donors (Lipinski definition) is 1. The number of hydrogen-bond acceptors (Lipinski definition) is 5. The highest BCUT2D eigenvalue weighted by molar-refractivity contribution is 7.89. The summed E-state index contributed by atoms with van der Waals surface area (Å²) in [5.74, 6) is -0.653. The molecule has 1 saturated heterocycles. The predicted octanol–water partition coefficient (Wildman–Crippen LogP) is 2.44. The fourth-order valence-electron chi connectivity index (χ4n) is 2.88. The first-order valence-electron chi connectivity index (χ1n) is 8.21. The Morgan fingerprint density at radius 1 is 1.38 bits per heavy atom. The number of halogens is 2. The fraction of sp³-hybridized carbons (Fsp3) is 0.562. The van der Waals surface area contributed by atoms with E-state index in [-0.39, 0.29) is 22.9 Å². The molecule has 0 saturated carbocycles. The molecule has 1 fully saturated rings. The van der Waals surface area contributed by atoms with Gasteiger partial charge >= 0.3 is 6.61 Å². The quantitative estimate of drug-likeness (QED) is 0.735. The molecule has 0 radical (unpaired) electrons. The Kier molecular flexibility index (Phi) is 6.76. The molecular formula is C16H22F2N2O5S. The Bertz CT molecular complexity index is 742. The van der Waals surface area contributed by atoms with Crippen molar-refractivity contribution in [1.29, 1.82) is 0 Å². The van der Waals surface area contributed by atoms with E-state index in [4.69, 9.17) is 4.74 Å². The lowest BCUT2D eigenvalue weighted by Crippen LogP contribution is -2.44. The van der Waals surface area contributed by atoms with Gasteiger partial charge in [0.25, 0.3) is 0 Å². The van der Waals surface area contributed by atoms with E-state index in [0.29, 0.717) is 25.8 Å². The van der Waals surface area contributed by atoms with Crippen LogP contribution in [0.15, 0.2) is 18.2 Å². The average Bonchev–Trinajstić information content (AvgIpc) is 3.05. The molecule has 0 aromatic heterocycles. The third kappa shape index (κ3) is 4.82. The Balaban J connectivity index is 2.16. The van der Waals surface area contributed by atoms with E-state index < -0.39 is 28.6 Å². The van der Waals surface area contributed by atoms with Gasteiger partial charge in [-0.15, -0.1) is 0 Å². The van der Waals surface area contributed by atoms with Crippen molar-refractivity contribution in [1.82, 2.24) is 4.31 Å². The van der Waals surface area contributed by atoms with E-state index in [1.807, 2.05) is 0 Å². The Morgan fingerprint density at radius 3 is 2.73 bits per heavy atom. The highest BCUT2D eigenvalue weighted by atomic mass is 32.2. The van der Waals surface area contributed by atoms with E-state index in [9.17, 15) is 22.0 Å². The zero-order valence-electron chi connectivity index (χ0n) is 14.6. The number of benzene rings is 1. The summed E-state index contributed by atoms with van der Waals surface area (Å²) >= 11 is 0. The van der Waals surface area contributed by atoms with Crippen LogP contribution in [-0.2, 0) is 14.8 Å². The molecule has 1 aliphatic rings. The lowest BCUT2D eigenvalue weighted by atomic mass is 10.2. The molecule has 1 aliphatic heterocycles. The molecule has 0 spiro atoms. The highest BCUT2D eigenvalue weighted by Gasteiger charge is 2.38. The number of sulfonamides is 1. The lowest BCUT2D eigenvalue weighted by Gasteiger charge is -2.23. The minimum Gasteiger partial charge on any atom is -0.493 e. The summed E-state index contributed by atoms with van der Waals surface area (Å²) in [4.78, 5) is 12.5. The van der Waals surface area contributed by atoms with Gasteiger partial charge in [0.05, 0.1) is 12.9 Å². The third-order valence-electron chi connectivity index (χ3n) is 3.97. The number of carbonyl (C=O) groups is 1. The van der Waals surface area contributed by atoms with Crippen LogP contribution >= 0.6 is 0 Å². The van der Waals surface area contributed by atoms with E-state index in [1.54, 1.807) is 6.92 Å². The number of anilines is 1. The number of nitrogens with zero attached hydrogens (tertiary/aromatic N) is 1. The van der Waals surface area contributed by atoms with Gasteiger partial charge in [0.1, 0.15) is 6.04 Å². The number of nitrogens with one attached hydrogen (secondary N) is 1. The van der Waals surface area contributed by atoms with Crippen molar-refractivity contribution in [3.63, 3.8) is 0 Å². The van der Waals surface area contributed by atoms with E-state index in [1.165, 1.54) is 29.6 Å². The van der Waals surface area contributed by atoms with Gasteiger partial charge in [-0.3, -0.25) is 4.79 Å². The van der Waals surface area contributed by atoms with Crippen molar-refractivity contribution >= 4 is 21.6 Å². The summed E-state index contributed by atoms with van der Waals surface area (Å²) in [5, 5.41) is 2.57. The van der Waals surface area contributed by atoms with Crippen LogP contribution in [0.5, 0.6) is 11.5 Å². The van der Waals surface area contributed by atoms with Crippen molar-refractivity contribution in [3.05, 3.63) is 18.2 Å². The van der Waals surface area contributed by atoms with E-state index in [2.05, 4.69) is 10.1 Å². The maximum Gasteiger partial charge on any atom is 0.387 e. The Labute approximate surface area is 151 Å². The standard InChI is InChI=1S/C16H22F2N2O5S/c1-3-9-26(22,23)20-8-4-5-12(20)15(21)19-11-6-7-13(24-2)14(10-11)25-16(17)18/h6-7,10,12,16H,3-5,8-9H2,1-2H3,(H,19,21)/t12-/m1/s1. The number of amides is 1. The normalized spacial score (nSPS) is 18.1. The van der Waals surface area contributed by atoms with Gasteiger partial charge in [0.15, 0.2) is 11.5 Å². The van der Waals surface area contributed by atoms with Crippen LogP contribution < -0.4 is 14.8 Å². The zero-order chi connectivity index (χ0) is 19.3. The van der Waals surface area contributed by atoms with Crippen molar-refractivity contribution in [2.75, 3.05) is 24.7 Å². The molecule has 1 heterocycles. The van der Waals surface area contributed by atoms with Gasteiger partial charge in [0.2, 0.25) is 15.9 Å². The maximum absolute atomic E-state index is 12.5. The number of ether oxygens (including phenoxy) is 2. The first-order chi connectivity index (χ1) is 12.3. The molecule has 10 heteroatoms. The van der Waals surface area contributed by atoms with Gasteiger partial charge in [-0.05, 0) is 31.4 Å². The minimum atomic E-state index is -3.50. The molecule has 1 amide bonds. The first kappa shape index (κ1) is 20.4. The molecule has 1 atom stereocenters. The summed E-state index contributed by atoms with van der Waals surface area (Å²) in [5.41, 5.74) is 0.214. The highest BCUT2D eigenvalue weighted by Crippen LogP contribution is 2.32. The van der Waals surface area contributed by atoms with Crippen LogP contribution in [0.4, 0.5) is 14.5 Å². The molecule has 0 aliphatic carbocycles. The van der Waals surface area contributed by atoms with Crippen LogP contribution in [0.1, 0.15) is 26.2 Å². The fourth-order valence-corrected chi connectivity index (χ4v) is 4.62. The van der Waals surface area contributed by atoms with Crippen LogP contribution in [-0.4, -0.2) is 50.7 Å². The number of methoxy groups -OCH3 is 1. The molecule has 2 rings (SSSR count). The molecule has 1 aromatic carbocycles. The monoisotopic (exact) mass is 392 g/mol. The van der Waals surface area contributed by atoms with Crippen LogP contribution in [0.2, 0.25) is 0 Å². The van der Waals surface area contributed by atoms with Crippen molar-refractivity contribution < 1.29 is 31.5 Å². The Hall–Kier alpha value is -1.94. The van der Waals surface area contributed by atoms with Crippen LogP contribution in [0.3, 0.4) is 0 Å². The summed E-state index contributed by atoms with van der Waals surface area (Å²) in [7, 11) is -2.20. The largest absolute Gasteiger partial charge is 0.493 e. The van der Waals surface area contributed by atoms with E-state index in [0.717, 1.165) is 0 Å². The zero-order valence-corrected chi connectivity index (χ0v) is 15.4. The Morgan fingerprint density at radius 2 is 2.12 bits per heavy atom. The molecule has 1 N–H and O–H groups in total. The second-order valence-electron chi connectivity index (χ2n) is 5.82. The summed E-state index contributed by atoms with van der Waals surface area (Å²) in [6, 6.07) is 3.25. The van der Waals surface area contributed by atoms with Crippen molar-refractivity contribution in [2.45, 2.75) is 38.8 Å². The van der Waals surface area contributed by atoms with Gasteiger partial charge in [0, 0.05) is 18.3 Å². The summed E-state index contributed by atoms with van der Waals surface area (Å²) in [6.07, 6.45) is 1.45. The smallest absolute Gasteiger partial charge is 0.387 e. The number of alkyl halides is 2. The topological polar surface area (TPSA) is 84.9 Å². The maximum atomic E-state index is 12.5. The SMILES string of the molecule is CCCS(=O)(=O)N1CCC[C@@H]1C(=O)Nc1ccc(OC)c(OC(F)F)c1. The molecular weight excluding hydrogens is 370 g/mol. The van der Waals surface area contributed by atoms with Crippen molar-refractivity contribution in [2.24, 2.45) is 0 Å². The van der Waals surface area contributed by atoms with E-state index >= 15 is 0 Å². The van der Waals surface area contributed by atoms with Crippen molar-refractivity contribution in [3.8, 4) is 11.5 Å². The van der Waals surface area contributed by atoms with Crippen LogP contribution in [0, 0.1) is 0 Å². The second-order valence-corrected chi connectivity index (χ2v) is 7.86. The van der Waals surface area contributed by atoms with Crippen LogP contribution in [0.25, 0.3) is 0 Å². The predicted molar refractivity (Wildman–Crippen MR) is 92.1 cm³/mol. The lowest BCUT2D eigenvalue weighted by molar-refractivity contribution is -0.119. The molecule has 0 bridgehead atoms. The second kappa shape index (κ2) is 8.63. The number of carbonyl (C=O) groups excluding carboxylic acids is 1. The summed E-state index contributed by atoms with van der Waals surface area (Å²) < 4.78 is 60.1. The summed E-state index contributed by atoms with van der Waals surface area (Å²) in [6.45, 7) is -0.993. The molecule has 146 valence electrons. The van der Waals surface area contributed by atoms with Gasteiger partial charge in [-0.2, -0.15) is 13.1 Å². The van der Waals surface area contributed by atoms with Gasteiger partial charge in [-0.1, -0.05) is 6.92 Å². The third-order valence-corrected chi connectivity index (χ3v) is 6.05. The molecule has 26 heavy (non-hydrogen) atoms. The van der Waals surface area contributed by atoms with Gasteiger partial charge in [-0.25, -0.2) is 8.42 Å². The number of rotatable bonds is 8.